The molecule has 10 heteroatoms. The molecule has 1 aliphatic heterocycles. The van der Waals surface area contributed by atoms with E-state index in [9.17, 15) is 22.0 Å². The second-order valence-electron chi connectivity index (χ2n) is 6.23. The smallest absolute Gasteiger partial charge is 0.425 e. The van der Waals surface area contributed by atoms with Gasteiger partial charge in [0.25, 0.3) is 6.02 Å². The third-order valence-electron chi connectivity index (χ3n) is 4.27. The van der Waals surface area contributed by atoms with Crippen LogP contribution in [0.2, 0.25) is 0 Å². The highest BCUT2D eigenvalue weighted by atomic mass is 19.4. The quantitative estimate of drug-likeness (QED) is 0.802. The van der Waals surface area contributed by atoms with E-state index in [-0.39, 0.29) is 22.7 Å². The average Bonchev–Trinajstić information content (AvgIpc) is 2.61. The first-order chi connectivity index (χ1) is 12.6. The summed E-state index contributed by atoms with van der Waals surface area (Å²) in [6, 6.07) is 1.38. The number of nitrogens with one attached hydrogen (secondary N) is 1. The summed E-state index contributed by atoms with van der Waals surface area (Å²) in [5.41, 5.74) is -1.59. The Morgan fingerprint density at radius 2 is 1.81 bits per heavy atom. The Kier molecular flexibility index (Phi) is 4.75. The summed E-state index contributed by atoms with van der Waals surface area (Å²) in [5.74, 6) is -1.88. The van der Waals surface area contributed by atoms with Crippen molar-refractivity contribution in [2.75, 3.05) is 7.05 Å². The summed E-state index contributed by atoms with van der Waals surface area (Å²) >= 11 is 0. The first kappa shape index (κ1) is 19.0. The third-order valence-corrected chi connectivity index (χ3v) is 4.27. The molecule has 27 heavy (non-hydrogen) atoms. The number of benzene rings is 1. The lowest BCUT2D eigenvalue weighted by Gasteiger charge is -2.36. The lowest BCUT2D eigenvalue weighted by molar-refractivity contribution is -0.208. The molecule has 0 saturated heterocycles. The summed E-state index contributed by atoms with van der Waals surface area (Å²) in [4.78, 5) is 11.6. The highest BCUT2D eigenvalue weighted by Crippen LogP contribution is 2.42. The molecule has 144 valence electrons. The van der Waals surface area contributed by atoms with Crippen molar-refractivity contribution in [3.8, 4) is 11.1 Å². The molecule has 0 spiro atoms. The maximum atomic E-state index is 14.5. The molecule has 1 aliphatic rings. The Bertz CT molecular complexity index is 872. The van der Waals surface area contributed by atoms with Crippen molar-refractivity contribution in [3.63, 3.8) is 0 Å². The van der Waals surface area contributed by atoms with Crippen LogP contribution in [-0.2, 0) is 10.3 Å². The molecule has 0 bridgehead atoms. The second-order valence-corrected chi connectivity index (χ2v) is 6.23. The van der Waals surface area contributed by atoms with E-state index in [0.29, 0.717) is 6.07 Å². The summed E-state index contributed by atoms with van der Waals surface area (Å²) in [5, 5.41) is 2.42. The summed E-state index contributed by atoms with van der Waals surface area (Å²) in [6.45, 7) is 1.34. The SMILES string of the molecule is CNC1=N[C@](C)(c2cc(-c3cncnc3)c(F)cc2F)C[C@@H](C(F)(F)F)O1. The van der Waals surface area contributed by atoms with Gasteiger partial charge in [0.1, 0.15) is 18.0 Å². The van der Waals surface area contributed by atoms with Crippen molar-refractivity contribution in [2.45, 2.75) is 31.2 Å². The van der Waals surface area contributed by atoms with Crippen molar-refractivity contribution in [3.05, 3.63) is 48.1 Å². The van der Waals surface area contributed by atoms with Crippen molar-refractivity contribution >= 4 is 6.02 Å². The average molecular weight is 386 g/mol. The van der Waals surface area contributed by atoms with E-state index in [1.165, 1.54) is 32.7 Å². The van der Waals surface area contributed by atoms with Crippen LogP contribution in [0.4, 0.5) is 22.0 Å². The molecule has 0 amide bonds. The number of aromatic nitrogens is 2. The Labute approximate surface area is 151 Å². The van der Waals surface area contributed by atoms with E-state index >= 15 is 0 Å². The number of alkyl halides is 3. The standard InChI is InChI=1S/C17H15F5N4O/c1-16(5-14(17(20,21)22)27-15(23-2)26-16)11-3-10(12(18)4-13(11)19)9-6-24-8-25-7-9/h3-4,6-8,14H,5H2,1-2H3,(H,23,26)/t14-,16-/m0/s1. The largest absolute Gasteiger partial charge is 0.452 e. The predicted molar refractivity (Wildman–Crippen MR) is 86.8 cm³/mol. The van der Waals surface area contributed by atoms with Gasteiger partial charge in [-0.3, -0.25) is 0 Å². The van der Waals surface area contributed by atoms with Crippen LogP contribution >= 0.6 is 0 Å². The van der Waals surface area contributed by atoms with Gasteiger partial charge >= 0.3 is 6.18 Å². The number of rotatable bonds is 2. The highest BCUT2D eigenvalue weighted by Gasteiger charge is 2.50. The normalized spacial score (nSPS) is 22.8. The van der Waals surface area contributed by atoms with Gasteiger partial charge in [-0.1, -0.05) is 0 Å². The number of halogens is 5. The second kappa shape index (κ2) is 6.75. The minimum Gasteiger partial charge on any atom is -0.452 e. The molecule has 1 aromatic heterocycles. The van der Waals surface area contributed by atoms with Crippen molar-refractivity contribution < 1.29 is 26.7 Å². The molecule has 1 N–H and O–H groups in total. The fraction of sp³-hybridized carbons (Fsp3) is 0.353. The van der Waals surface area contributed by atoms with Gasteiger partial charge in [-0.05, 0) is 13.0 Å². The van der Waals surface area contributed by atoms with Crippen LogP contribution in [0.15, 0.2) is 35.8 Å². The Morgan fingerprint density at radius 1 is 1.15 bits per heavy atom. The number of nitrogens with zero attached hydrogens (tertiary/aromatic N) is 3. The molecule has 5 nitrogen and oxygen atoms in total. The summed E-state index contributed by atoms with van der Waals surface area (Å²) < 4.78 is 73.3. The summed E-state index contributed by atoms with van der Waals surface area (Å²) in [7, 11) is 1.34. The minimum atomic E-state index is -4.67. The van der Waals surface area contributed by atoms with Crippen molar-refractivity contribution in [1.82, 2.24) is 15.3 Å². The number of hydrogen-bond acceptors (Lipinski definition) is 5. The number of amidine groups is 1. The van der Waals surface area contributed by atoms with Gasteiger partial charge in [0.15, 0.2) is 6.10 Å². The summed E-state index contributed by atoms with van der Waals surface area (Å²) in [6.07, 6.45) is -3.64. The van der Waals surface area contributed by atoms with E-state index in [1.807, 2.05) is 0 Å². The third kappa shape index (κ3) is 3.69. The molecule has 3 rings (SSSR count). The van der Waals surface area contributed by atoms with Crippen LogP contribution in [0, 0.1) is 11.6 Å². The maximum absolute atomic E-state index is 14.5. The predicted octanol–water partition coefficient (Wildman–Crippen LogP) is 3.56. The molecule has 0 aliphatic carbocycles. The number of hydrogen-bond donors (Lipinski definition) is 1. The Morgan fingerprint density at radius 3 is 2.41 bits per heavy atom. The maximum Gasteiger partial charge on any atom is 0.425 e. The van der Waals surface area contributed by atoms with Gasteiger partial charge in [0, 0.05) is 48.6 Å². The molecule has 2 aromatic rings. The van der Waals surface area contributed by atoms with E-state index in [4.69, 9.17) is 4.74 Å². The molecule has 0 saturated carbocycles. The first-order valence-corrected chi connectivity index (χ1v) is 7.90. The van der Waals surface area contributed by atoms with E-state index in [2.05, 4.69) is 20.3 Å². The van der Waals surface area contributed by atoms with Crippen LogP contribution in [0.3, 0.4) is 0 Å². The molecule has 0 radical (unpaired) electrons. The molecule has 0 fully saturated rings. The lowest BCUT2D eigenvalue weighted by Crippen LogP contribution is -2.47. The first-order valence-electron chi connectivity index (χ1n) is 7.90. The van der Waals surface area contributed by atoms with Gasteiger partial charge < -0.3 is 10.1 Å². The fourth-order valence-corrected chi connectivity index (χ4v) is 2.92. The van der Waals surface area contributed by atoms with Crippen molar-refractivity contribution in [1.29, 1.82) is 0 Å². The molecular formula is C17H15F5N4O. The van der Waals surface area contributed by atoms with Gasteiger partial charge in [-0.15, -0.1) is 0 Å². The van der Waals surface area contributed by atoms with Crippen LogP contribution < -0.4 is 5.32 Å². The van der Waals surface area contributed by atoms with Gasteiger partial charge in [0.05, 0.1) is 5.54 Å². The molecular weight excluding hydrogens is 371 g/mol. The van der Waals surface area contributed by atoms with Gasteiger partial charge in [-0.25, -0.2) is 23.7 Å². The zero-order valence-electron chi connectivity index (χ0n) is 14.3. The zero-order valence-corrected chi connectivity index (χ0v) is 14.3. The fourth-order valence-electron chi connectivity index (χ4n) is 2.92. The van der Waals surface area contributed by atoms with Gasteiger partial charge in [0.2, 0.25) is 0 Å². The Balaban J connectivity index is 2.14. The van der Waals surface area contributed by atoms with Crippen LogP contribution in [0.5, 0.6) is 0 Å². The van der Waals surface area contributed by atoms with E-state index in [0.717, 1.165) is 6.07 Å². The van der Waals surface area contributed by atoms with Crippen LogP contribution in [-0.4, -0.2) is 35.3 Å². The van der Waals surface area contributed by atoms with E-state index < -0.39 is 35.9 Å². The molecule has 2 heterocycles. The Hall–Kier alpha value is -2.78. The number of aliphatic imine (C=N–C) groups is 1. The molecule has 2 atom stereocenters. The number of ether oxygens (including phenoxy) is 1. The topological polar surface area (TPSA) is 59.4 Å². The van der Waals surface area contributed by atoms with E-state index in [1.54, 1.807) is 0 Å². The van der Waals surface area contributed by atoms with Crippen LogP contribution in [0.1, 0.15) is 18.9 Å². The zero-order chi connectivity index (χ0) is 19.8. The molecule has 0 unspecified atom stereocenters. The lowest BCUT2D eigenvalue weighted by atomic mass is 9.84. The highest BCUT2D eigenvalue weighted by molar-refractivity contribution is 5.75. The monoisotopic (exact) mass is 386 g/mol. The minimum absolute atomic E-state index is 0.0375. The van der Waals surface area contributed by atoms with Crippen molar-refractivity contribution in [2.24, 2.45) is 4.99 Å². The van der Waals surface area contributed by atoms with Gasteiger partial charge in [-0.2, -0.15) is 13.2 Å². The molecule has 1 aromatic carbocycles. The van der Waals surface area contributed by atoms with Crippen LogP contribution in [0.25, 0.3) is 11.1 Å².